The Bertz CT molecular complexity index is 251. The van der Waals surface area contributed by atoms with Gasteiger partial charge in [-0.15, -0.1) is 0 Å². The molecule has 0 aliphatic carbocycles. The number of hydrogen-bond donors (Lipinski definition) is 0. The second-order valence-corrected chi connectivity index (χ2v) is 2.77. The van der Waals surface area contributed by atoms with E-state index in [0.29, 0.717) is 6.61 Å². The molecule has 3 nitrogen and oxygen atoms in total. The molecule has 0 amide bonds. The van der Waals surface area contributed by atoms with Gasteiger partial charge in [-0.25, -0.2) is 0 Å². The van der Waals surface area contributed by atoms with Crippen LogP contribution < -0.4 is 0 Å². The average molecular weight is 182 g/mol. The minimum Gasteiger partial charge on any atom is -0.472 e. The summed E-state index contributed by atoms with van der Waals surface area (Å²) in [5, 5.41) is 0. The van der Waals surface area contributed by atoms with E-state index in [9.17, 15) is 4.79 Å². The van der Waals surface area contributed by atoms with Crippen LogP contribution in [0, 0.1) is 0 Å². The van der Waals surface area contributed by atoms with Gasteiger partial charge in [-0.1, -0.05) is 6.92 Å². The summed E-state index contributed by atoms with van der Waals surface area (Å²) in [6.07, 6.45) is 3.89. The van der Waals surface area contributed by atoms with E-state index >= 15 is 0 Å². The minimum absolute atomic E-state index is 0.175. The summed E-state index contributed by atoms with van der Waals surface area (Å²) in [7, 11) is 0. The molecule has 1 aromatic rings. The van der Waals surface area contributed by atoms with E-state index in [0.717, 1.165) is 12.0 Å². The van der Waals surface area contributed by atoms with Crippen molar-refractivity contribution in [2.45, 2.75) is 26.2 Å². The van der Waals surface area contributed by atoms with Gasteiger partial charge in [-0.3, -0.25) is 4.79 Å². The molecular formula is C10H14O3. The number of carbonyl (C=O) groups is 1. The third-order valence-corrected chi connectivity index (χ3v) is 1.92. The highest BCUT2D eigenvalue weighted by atomic mass is 16.5. The van der Waals surface area contributed by atoms with Crippen molar-refractivity contribution in [1.29, 1.82) is 0 Å². The van der Waals surface area contributed by atoms with Gasteiger partial charge in [0, 0.05) is 5.56 Å². The van der Waals surface area contributed by atoms with Crippen LogP contribution >= 0.6 is 0 Å². The fourth-order valence-electron chi connectivity index (χ4n) is 1.25. The van der Waals surface area contributed by atoms with Gasteiger partial charge in [-0.05, 0) is 19.4 Å². The van der Waals surface area contributed by atoms with E-state index in [2.05, 4.69) is 0 Å². The van der Waals surface area contributed by atoms with Crippen molar-refractivity contribution in [3.63, 3.8) is 0 Å². The SMILES string of the molecule is CCOC(=O)C(CC)c1ccoc1. The zero-order valence-electron chi connectivity index (χ0n) is 7.95. The largest absolute Gasteiger partial charge is 0.472 e. The van der Waals surface area contributed by atoms with Gasteiger partial charge in [0.2, 0.25) is 0 Å². The van der Waals surface area contributed by atoms with Crippen LogP contribution in [-0.4, -0.2) is 12.6 Å². The molecule has 0 saturated carbocycles. The highest BCUT2D eigenvalue weighted by Crippen LogP contribution is 2.21. The Kier molecular flexibility index (Phi) is 3.55. The van der Waals surface area contributed by atoms with Gasteiger partial charge in [0.1, 0.15) is 0 Å². The monoisotopic (exact) mass is 182 g/mol. The maximum absolute atomic E-state index is 11.4. The molecule has 0 bridgehead atoms. The van der Waals surface area contributed by atoms with E-state index in [-0.39, 0.29) is 11.9 Å². The van der Waals surface area contributed by atoms with Gasteiger partial charge >= 0.3 is 5.97 Å². The Morgan fingerprint density at radius 1 is 1.62 bits per heavy atom. The summed E-state index contributed by atoms with van der Waals surface area (Å²) >= 11 is 0. The van der Waals surface area contributed by atoms with Crippen molar-refractivity contribution >= 4 is 5.97 Å². The van der Waals surface area contributed by atoms with Crippen LogP contribution in [0.5, 0.6) is 0 Å². The first-order chi connectivity index (χ1) is 6.29. The first-order valence-corrected chi connectivity index (χ1v) is 4.48. The predicted molar refractivity (Wildman–Crippen MR) is 48.4 cm³/mol. The average Bonchev–Trinajstić information content (AvgIpc) is 2.59. The third-order valence-electron chi connectivity index (χ3n) is 1.92. The molecule has 13 heavy (non-hydrogen) atoms. The van der Waals surface area contributed by atoms with Crippen molar-refractivity contribution in [2.75, 3.05) is 6.61 Å². The van der Waals surface area contributed by atoms with Crippen LogP contribution in [0.1, 0.15) is 31.7 Å². The van der Waals surface area contributed by atoms with E-state index in [1.807, 2.05) is 6.92 Å². The lowest BCUT2D eigenvalue weighted by atomic mass is 10.00. The van der Waals surface area contributed by atoms with Crippen LogP contribution in [0.25, 0.3) is 0 Å². The minimum atomic E-state index is -0.182. The zero-order chi connectivity index (χ0) is 9.68. The molecule has 0 radical (unpaired) electrons. The molecule has 0 N–H and O–H groups in total. The first kappa shape index (κ1) is 9.84. The van der Waals surface area contributed by atoms with Crippen LogP contribution in [0.3, 0.4) is 0 Å². The number of esters is 1. The molecule has 0 saturated heterocycles. The van der Waals surface area contributed by atoms with Crippen LogP contribution in [-0.2, 0) is 9.53 Å². The zero-order valence-corrected chi connectivity index (χ0v) is 7.95. The molecule has 1 rings (SSSR count). The molecule has 0 spiro atoms. The highest BCUT2D eigenvalue weighted by molar-refractivity contribution is 5.77. The number of ether oxygens (including phenoxy) is 1. The summed E-state index contributed by atoms with van der Waals surface area (Å²) in [4.78, 5) is 11.4. The molecule has 0 aliphatic rings. The van der Waals surface area contributed by atoms with Crippen molar-refractivity contribution < 1.29 is 13.9 Å². The van der Waals surface area contributed by atoms with E-state index in [4.69, 9.17) is 9.15 Å². The quantitative estimate of drug-likeness (QED) is 0.671. The normalized spacial score (nSPS) is 12.5. The molecule has 1 atom stereocenters. The van der Waals surface area contributed by atoms with Crippen LogP contribution in [0.2, 0.25) is 0 Å². The number of rotatable bonds is 4. The highest BCUT2D eigenvalue weighted by Gasteiger charge is 2.20. The fraction of sp³-hybridized carbons (Fsp3) is 0.500. The lowest BCUT2D eigenvalue weighted by Gasteiger charge is -2.10. The lowest BCUT2D eigenvalue weighted by molar-refractivity contribution is -0.145. The Morgan fingerprint density at radius 2 is 2.38 bits per heavy atom. The van der Waals surface area contributed by atoms with Crippen molar-refractivity contribution in [3.8, 4) is 0 Å². The Labute approximate surface area is 77.7 Å². The standard InChI is InChI=1S/C10H14O3/c1-3-9(10(11)13-4-2)8-5-6-12-7-8/h5-7,9H,3-4H2,1-2H3. The summed E-state index contributed by atoms with van der Waals surface area (Å²) in [5.41, 5.74) is 0.890. The molecular weight excluding hydrogens is 168 g/mol. The van der Waals surface area contributed by atoms with Crippen molar-refractivity contribution in [2.24, 2.45) is 0 Å². The predicted octanol–water partition coefficient (Wildman–Crippen LogP) is 2.34. The molecule has 1 heterocycles. The number of carbonyl (C=O) groups excluding carboxylic acids is 1. The second-order valence-electron chi connectivity index (χ2n) is 2.77. The van der Waals surface area contributed by atoms with Crippen LogP contribution in [0.4, 0.5) is 0 Å². The number of furan rings is 1. The summed E-state index contributed by atoms with van der Waals surface area (Å²) in [6, 6.07) is 1.80. The summed E-state index contributed by atoms with van der Waals surface area (Å²) in [5.74, 6) is -0.356. The summed E-state index contributed by atoms with van der Waals surface area (Å²) < 4.78 is 9.86. The van der Waals surface area contributed by atoms with Crippen molar-refractivity contribution in [1.82, 2.24) is 0 Å². The second kappa shape index (κ2) is 4.70. The molecule has 0 aromatic carbocycles. The van der Waals surface area contributed by atoms with Gasteiger partial charge in [0.05, 0.1) is 25.1 Å². The molecule has 0 fully saturated rings. The molecule has 72 valence electrons. The Morgan fingerprint density at radius 3 is 2.85 bits per heavy atom. The van der Waals surface area contributed by atoms with E-state index in [1.54, 1.807) is 25.5 Å². The maximum Gasteiger partial charge on any atom is 0.313 e. The summed E-state index contributed by atoms with van der Waals surface area (Å²) in [6.45, 7) is 4.18. The van der Waals surface area contributed by atoms with Crippen molar-refractivity contribution in [3.05, 3.63) is 24.2 Å². The first-order valence-electron chi connectivity index (χ1n) is 4.48. The molecule has 1 unspecified atom stereocenters. The fourth-order valence-corrected chi connectivity index (χ4v) is 1.25. The van der Waals surface area contributed by atoms with Crippen LogP contribution in [0.15, 0.2) is 23.0 Å². The topological polar surface area (TPSA) is 39.4 Å². The lowest BCUT2D eigenvalue weighted by Crippen LogP contribution is -2.14. The molecule has 0 aliphatic heterocycles. The molecule has 1 aromatic heterocycles. The Hall–Kier alpha value is -1.25. The van der Waals surface area contributed by atoms with Gasteiger partial charge in [-0.2, -0.15) is 0 Å². The van der Waals surface area contributed by atoms with Gasteiger partial charge < -0.3 is 9.15 Å². The smallest absolute Gasteiger partial charge is 0.313 e. The Balaban J connectivity index is 2.68. The van der Waals surface area contributed by atoms with Gasteiger partial charge in [0.15, 0.2) is 0 Å². The van der Waals surface area contributed by atoms with E-state index < -0.39 is 0 Å². The maximum atomic E-state index is 11.4. The number of hydrogen-bond acceptors (Lipinski definition) is 3. The van der Waals surface area contributed by atoms with E-state index in [1.165, 1.54) is 0 Å². The van der Waals surface area contributed by atoms with Gasteiger partial charge in [0.25, 0.3) is 0 Å². The molecule has 3 heteroatoms. The third kappa shape index (κ3) is 2.34.